The number of nitrogens with one attached hydrogen (secondary N) is 3. The van der Waals surface area contributed by atoms with Crippen LogP contribution in [0.3, 0.4) is 0 Å². The molecular weight excluding hydrogens is 400 g/mol. The minimum atomic E-state index is -0.480. The average Bonchev–Trinajstić information content (AvgIpc) is 3.19. The first-order valence-electron chi connectivity index (χ1n) is 10.4. The highest BCUT2D eigenvalue weighted by Gasteiger charge is 2.16. The van der Waals surface area contributed by atoms with Gasteiger partial charge in [0.25, 0.3) is 5.91 Å². The van der Waals surface area contributed by atoms with Crippen molar-refractivity contribution in [2.45, 2.75) is 19.4 Å². The van der Waals surface area contributed by atoms with Crippen molar-refractivity contribution in [3.63, 3.8) is 0 Å². The van der Waals surface area contributed by atoms with E-state index in [0.29, 0.717) is 17.8 Å². The third kappa shape index (κ3) is 5.19. The zero-order valence-corrected chi connectivity index (χ0v) is 18.1. The molecule has 5 N–H and O–H groups in total. The van der Waals surface area contributed by atoms with Gasteiger partial charge in [-0.15, -0.1) is 0 Å². The number of fused-ring (bicyclic) bond motifs is 1. The number of H-pyrrole nitrogens is 1. The first-order chi connectivity index (χ1) is 15.4. The van der Waals surface area contributed by atoms with Crippen LogP contribution in [-0.2, 0) is 0 Å². The maximum Gasteiger partial charge on any atom is 0.253 e. The van der Waals surface area contributed by atoms with E-state index in [1.165, 1.54) is 0 Å². The Bertz CT molecular complexity index is 1250. The van der Waals surface area contributed by atoms with Crippen molar-refractivity contribution in [1.29, 1.82) is 0 Å². The Balaban J connectivity index is 1.53. The van der Waals surface area contributed by atoms with Gasteiger partial charge in [-0.1, -0.05) is 18.2 Å². The van der Waals surface area contributed by atoms with Gasteiger partial charge in [-0.3, -0.25) is 14.9 Å². The Morgan fingerprint density at radius 2 is 1.91 bits per heavy atom. The average molecular weight is 427 g/mol. The van der Waals surface area contributed by atoms with Crippen LogP contribution in [-0.4, -0.2) is 33.2 Å². The molecule has 4 aromatic rings. The molecule has 2 aromatic heterocycles. The number of hydrogen-bond donors (Lipinski definition) is 4. The molecule has 0 bridgehead atoms. The second-order valence-corrected chi connectivity index (χ2v) is 8.30. The van der Waals surface area contributed by atoms with Crippen LogP contribution in [0.1, 0.15) is 35.6 Å². The standard InChI is InChI=1S/C25H26N6O/c1-25(2,26)16-28-24(32)20-8-3-4-9-21(20)29-18-10-12-19-22(30-31-23(19)15-18)13-11-17-7-5-6-14-27-17/h3-15,29H,16,26H2,1-2H3,(H,28,32)(H,30,31)/b13-11+. The van der Waals surface area contributed by atoms with Gasteiger partial charge in [0.05, 0.1) is 28.2 Å². The van der Waals surface area contributed by atoms with E-state index in [2.05, 4.69) is 25.8 Å². The van der Waals surface area contributed by atoms with Crippen molar-refractivity contribution in [2.75, 3.05) is 11.9 Å². The second-order valence-electron chi connectivity index (χ2n) is 8.30. The number of nitrogens with two attached hydrogens (primary N) is 1. The molecule has 2 aromatic carbocycles. The van der Waals surface area contributed by atoms with Gasteiger partial charge in [-0.05, 0) is 68.5 Å². The minimum Gasteiger partial charge on any atom is -0.355 e. The lowest BCUT2D eigenvalue weighted by Gasteiger charge is -2.19. The molecule has 0 aliphatic rings. The van der Waals surface area contributed by atoms with Gasteiger partial charge in [0.1, 0.15) is 0 Å². The van der Waals surface area contributed by atoms with Gasteiger partial charge in [-0.25, -0.2) is 0 Å². The van der Waals surface area contributed by atoms with Crippen LogP contribution in [0.2, 0.25) is 0 Å². The van der Waals surface area contributed by atoms with Gasteiger partial charge in [-0.2, -0.15) is 5.10 Å². The molecule has 0 unspecified atom stereocenters. The van der Waals surface area contributed by atoms with Crippen molar-refractivity contribution in [1.82, 2.24) is 20.5 Å². The number of rotatable bonds is 7. The summed E-state index contributed by atoms with van der Waals surface area (Å²) in [6, 6.07) is 19.1. The van der Waals surface area contributed by atoms with Crippen LogP contribution in [0.5, 0.6) is 0 Å². The first-order valence-corrected chi connectivity index (χ1v) is 10.4. The normalized spacial score (nSPS) is 11.7. The maximum absolute atomic E-state index is 12.7. The van der Waals surface area contributed by atoms with Crippen LogP contribution < -0.4 is 16.4 Å². The third-order valence-electron chi connectivity index (χ3n) is 4.85. The van der Waals surface area contributed by atoms with Crippen LogP contribution in [0.4, 0.5) is 11.4 Å². The fourth-order valence-corrected chi connectivity index (χ4v) is 3.23. The van der Waals surface area contributed by atoms with Crippen molar-refractivity contribution < 1.29 is 4.79 Å². The first kappa shape index (κ1) is 21.3. The fourth-order valence-electron chi connectivity index (χ4n) is 3.23. The van der Waals surface area contributed by atoms with Gasteiger partial charge in [0.2, 0.25) is 0 Å². The SMILES string of the molecule is CC(C)(N)CNC(=O)c1ccccc1Nc1ccc2c(/C=C/c3ccccn3)n[nH]c2c1. The van der Waals surface area contributed by atoms with E-state index < -0.39 is 5.54 Å². The molecule has 0 spiro atoms. The number of amides is 1. The van der Waals surface area contributed by atoms with Crippen molar-refractivity contribution in [3.05, 3.63) is 83.8 Å². The molecule has 7 heteroatoms. The molecule has 1 amide bonds. The Morgan fingerprint density at radius 1 is 1.09 bits per heavy atom. The summed E-state index contributed by atoms with van der Waals surface area (Å²) in [6.45, 7) is 4.13. The van der Waals surface area contributed by atoms with Crippen LogP contribution in [0, 0.1) is 0 Å². The molecule has 7 nitrogen and oxygen atoms in total. The summed E-state index contributed by atoms with van der Waals surface area (Å²) in [5, 5.41) is 14.7. The molecule has 0 saturated carbocycles. The minimum absolute atomic E-state index is 0.170. The summed E-state index contributed by atoms with van der Waals surface area (Å²) >= 11 is 0. The van der Waals surface area contributed by atoms with Crippen LogP contribution in [0.15, 0.2) is 66.9 Å². The van der Waals surface area contributed by atoms with E-state index in [9.17, 15) is 4.79 Å². The number of aromatic amines is 1. The summed E-state index contributed by atoms with van der Waals surface area (Å²) in [6.07, 6.45) is 5.63. The highest BCUT2D eigenvalue weighted by Crippen LogP contribution is 2.26. The summed E-state index contributed by atoms with van der Waals surface area (Å²) in [5.41, 5.74) is 10.2. The molecule has 162 valence electrons. The summed E-state index contributed by atoms with van der Waals surface area (Å²) in [5.74, 6) is -0.170. The zero-order valence-electron chi connectivity index (χ0n) is 18.1. The largest absolute Gasteiger partial charge is 0.355 e. The van der Waals surface area contributed by atoms with Gasteiger partial charge < -0.3 is 16.4 Å². The lowest BCUT2D eigenvalue weighted by molar-refractivity contribution is 0.0947. The number of aromatic nitrogens is 3. The van der Waals surface area contributed by atoms with Gasteiger partial charge >= 0.3 is 0 Å². The number of para-hydroxylation sites is 1. The molecule has 0 atom stereocenters. The lowest BCUT2D eigenvalue weighted by atomic mass is 10.1. The number of carbonyl (C=O) groups is 1. The molecule has 32 heavy (non-hydrogen) atoms. The number of carbonyl (C=O) groups excluding carboxylic acids is 1. The number of pyridine rings is 1. The molecule has 4 rings (SSSR count). The molecule has 0 fully saturated rings. The Labute approximate surface area is 186 Å². The highest BCUT2D eigenvalue weighted by atomic mass is 16.1. The third-order valence-corrected chi connectivity index (χ3v) is 4.85. The smallest absolute Gasteiger partial charge is 0.253 e. The molecule has 0 aliphatic carbocycles. The van der Waals surface area contributed by atoms with Gasteiger partial charge in [0, 0.05) is 29.4 Å². The molecular formula is C25H26N6O. The Hall–Kier alpha value is -3.97. The molecule has 0 aliphatic heterocycles. The monoisotopic (exact) mass is 426 g/mol. The van der Waals surface area contributed by atoms with E-state index in [-0.39, 0.29) is 5.91 Å². The van der Waals surface area contributed by atoms with E-state index in [0.717, 1.165) is 28.0 Å². The topological polar surface area (TPSA) is 109 Å². The van der Waals surface area contributed by atoms with E-state index in [1.54, 1.807) is 12.3 Å². The highest BCUT2D eigenvalue weighted by molar-refractivity contribution is 6.00. The predicted octanol–water partition coefficient (Wildman–Crippen LogP) is 4.34. The van der Waals surface area contributed by atoms with Crippen molar-refractivity contribution in [2.24, 2.45) is 5.73 Å². The molecule has 0 radical (unpaired) electrons. The number of anilines is 2. The van der Waals surface area contributed by atoms with Gasteiger partial charge in [0.15, 0.2) is 0 Å². The molecule has 2 heterocycles. The summed E-state index contributed by atoms with van der Waals surface area (Å²) < 4.78 is 0. The van der Waals surface area contributed by atoms with Crippen LogP contribution in [0.25, 0.3) is 23.1 Å². The number of hydrogen-bond acceptors (Lipinski definition) is 5. The Kier molecular flexibility index (Phi) is 6.00. The summed E-state index contributed by atoms with van der Waals surface area (Å²) in [4.78, 5) is 17.0. The van der Waals surface area contributed by atoms with Crippen LogP contribution >= 0.6 is 0 Å². The second kappa shape index (κ2) is 9.03. The zero-order chi connectivity index (χ0) is 22.6. The maximum atomic E-state index is 12.7. The van der Waals surface area contributed by atoms with E-state index >= 15 is 0 Å². The molecule has 0 saturated heterocycles. The summed E-state index contributed by atoms with van der Waals surface area (Å²) in [7, 11) is 0. The fraction of sp³-hybridized carbons (Fsp3) is 0.160. The van der Waals surface area contributed by atoms with E-state index in [1.807, 2.05) is 80.6 Å². The number of nitrogens with zero attached hydrogens (tertiary/aromatic N) is 2. The van der Waals surface area contributed by atoms with E-state index in [4.69, 9.17) is 5.73 Å². The lowest BCUT2D eigenvalue weighted by Crippen LogP contribution is -2.45. The van der Waals surface area contributed by atoms with Crippen molar-refractivity contribution in [3.8, 4) is 0 Å². The Morgan fingerprint density at radius 3 is 2.69 bits per heavy atom. The number of benzene rings is 2. The van der Waals surface area contributed by atoms with Crippen molar-refractivity contribution >= 4 is 40.3 Å². The predicted molar refractivity (Wildman–Crippen MR) is 130 cm³/mol. The quantitative estimate of drug-likeness (QED) is 0.352.